The molecular formula is C7H11LiO. The van der Waals surface area contributed by atoms with E-state index in [0.29, 0.717) is 5.92 Å². The quantitative estimate of drug-likeness (QED) is 0.259. The van der Waals surface area contributed by atoms with Crippen molar-refractivity contribution < 1.29 is 24.0 Å². The molecule has 1 aliphatic carbocycles. The molecule has 1 nitrogen and oxygen atoms in total. The van der Waals surface area contributed by atoms with Gasteiger partial charge in [0.05, 0.1) is 0 Å². The fourth-order valence-electron chi connectivity index (χ4n) is 1.03. The monoisotopic (exact) mass is 118 g/mol. The van der Waals surface area contributed by atoms with Crippen molar-refractivity contribution in [2.75, 3.05) is 0 Å². The summed E-state index contributed by atoms with van der Waals surface area (Å²) in [7, 11) is 0. The zero-order valence-corrected chi connectivity index (χ0v) is 6.13. The summed E-state index contributed by atoms with van der Waals surface area (Å²) in [6.45, 7) is 2.12. The molecule has 0 spiro atoms. The third kappa shape index (κ3) is 3.10. The summed E-state index contributed by atoms with van der Waals surface area (Å²) in [5.41, 5.74) is 0. The average molecular weight is 118 g/mol. The standard InChI is InChI=1S/C7H11O.Li/c1-6-3-2-4-7(8)5-6;/h2,4,6-7H,3,5H2,1H3;/q-1;+1. The van der Waals surface area contributed by atoms with E-state index in [2.05, 4.69) is 6.92 Å². The number of hydrogen-bond acceptors (Lipinski definition) is 1. The van der Waals surface area contributed by atoms with Crippen LogP contribution in [0.4, 0.5) is 0 Å². The smallest absolute Gasteiger partial charge is 0.849 e. The van der Waals surface area contributed by atoms with Crippen molar-refractivity contribution in [2.45, 2.75) is 25.9 Å². The maximum absolute atomic E-state index is 10.7. The van der Waals surface area contributed by atoms with Gasteiger partial charge in [0.1, 0.15) is 0 Å². The van der Waals surface area contributed by atoms with Crippen molar-refractivity contribution in [3.05, 3.63) is 12.2 Å². The van der Waals surface area contributed by atoms with E-state index in [0.717, 1.165) is 12.8 Å². The van der Waals surface area contributed by atoms with Crippen LogP contribution in [0.3, 0.4) is 0 Å². The molecule has 0 aromatic carbocycles. The van der Waals surface area contributed by atoms with E-state index < -0.39 is 6.10 Å². The second kappa shape index (κ2) is 4.17. The fraction of sp³-hybridized carbons (Fsp3) is 0.714. The molecule has 0 aromatic heterocycles. The molecule has 9 heavy (non-hydrogen) atoms. The molecule has 0 saturated carbocycles. The molecule has 2 atom stereocenters. The summed E-state index contributed by atoms with van der Waals surface area (Å²) in [6.07, 6.45) is 5.26. The first kappa shape index (κ1) is 9.30. The predicted molar refractivity (Wildman–Crippen MR) is 31.3 cm³/mol. The van der Waals surface area contributed by atoms with Gasteiger partial charge in [0, 0.05) is 0 Å². The Morgan fingerprint density at radius 1 is 1.56 bits per heavy atom. The SMILES string of the molecule is CC1CC=CC([O-])C1.[Li+]. The van der Waals surface area contributed by atoms with Crippen LogP contribution >= 0.6 is 0 Å². The molecule has 0 radical (unpaired) electrons. The van der Waals surface area contributed by atoms with E-state index in [1.807, 2.05) is 6.08 Å². The molecule has 0 bridgehead atoms. The van der Waals surface area contributed by atoms with E-state index in [1.165, 1.54) is 0 Å². The average Bonchev–Trinajstić information content (AvgIpc) is 1.64. The normalized spacial score (nSPS) is 33.6. The fourth-order valence-corrected chi connectivity index (χ4v) is 1.03. The molecule has 2 unspecified atom stereocenters. The number of allylic oxidation sites excluding steroid dienone is 1. The Balaban J connectivity index is 0.000000640. The summed E-state index contributed by atoms with van der Waals surface area (Å²) < 4.78 is 0. The predicted octanol–water partition coefficient (Wildman–Crippen LogP) is -2.29. The van der Waals surface area contributed by atoms with E-state index in [-0.39, 0.29) is 18.9 Å². The van der Waals surface area contributed by atoms with Crippen LogP contribution < -0.4 is 24.0 Å². The van der Waals surface area contributed by atoms with Gasteiger partial charge in [0.2, 0.25) is 0 Å². The topological polar surface area (TPSA) is 23.1 Å². The van der Waals surface area contributed by atoms with Crippen LogP contribution in [0.5, 0.6) is 0 Å². The maximum atomic E-state index is 10.7. The van der Waals surface area contributed by atoms with Gasteiger partial charge >= 0.3 is 18.9 Å². The molecule has 46 valence electrons. The molecule has 0 fully saturated rings. The van der Waals surface area contributed by atoms with Crippen LogP contribution in [0.1, 0.15) is 19.8 Å². The molecule has 0 amide bonds. The zero-order valence-electron chi connectivity index (χ0n) is 6.13. The minimum atomic E-state index is -0.418. The zero-order chi connectivity index (χ0) is 5.98. The van der Waals surface area contributed by atoms with Gasteiger partial charge in [-0.15, -0.1) is 12.2 Å². The first-order valence-corrected chi connectivity index (χ1v) is 3.11. The van der Waals surface area contributed by atoms with Gasteiger partial charge in [-0.3, -0.25) is 0 Å². The van der Waals surface area contributed by atoms with E-state index in [4.69, 9.17) is 0 Å². The first-order valence-electron chi connectivity index (χ1n) is 3.11. The van der Waals surface area contributed by atoms with Gasteiger partial charge in [-0.2, -0.15) is 0 Å². The Hall–Kier alpha value is 0.297. The molecular weight excluding hydrogens is 107 g/mol. The summed E-state index contributed by atoms with van der Waals surface area (Å²) in [4.78, 5) is 0. The number of hydrogen-bond donors (Lipinski definition) is 0. The van der Waals surface area contributed by atoms with Gasteiger partial charge < -0.3 is 5.11 Å². The van der Waals surface area contributed by atoms with E-state index >= 15 is 0 Å². The van der Waals surface area contributed by atoms with Crippen molar-refractivity contribution in [1.29, 1.82) is 0 Å². The van der Waals surface area contributed by atoms with Crippen molar-refractivity contribution >= 4 is 0 Å². The minimum absolute atomic E-state index is 0. The van der Waals surface area contributed by atoms with Crippen LogP contribution in [0.15, 0.2) is 12.2 Å². The molecule has 0 aliphatic heterocycles. The summed E-state index contributed by atoms with van der Waals surface area (Å²) in [6, 6.07) is 0. The van der Waals surface area contributed by atoms with E-state index in [1.54, 1.807) is 6.08 Å². The largest absolute Gasteiger partial charge is 1.00 e. The second-order valence-electron chi connectivity index (χ2n) is 2.54. The Morgan fingerprint density at radius 2 is 2.22 bits per heavy atom. The van der Waals surface area contributed by atoms with Crippen LogP contribution in [-0.2, 0) is 0 Å². The number of rotatable bonds is 0. The van der Waals surface area contributed by atoms with Crippen molar-refractivity contribution in [2.24, 2.45) is 5.92 Å². The van der Waals surface area contributed by atoms with E-state index in [9.17, 15) is 5.11 Å². The summed E-state index contributed by atoms with van der Waals surface area (Å²) in [5.74, 6) is 0.613. The summed E-state index contributed by atoms with van der Waals surface area (Å²) in [5, 5.41) is 10.7. The minimum Gasteiger partial charge on any atom is -0.849 e. The van der Waals surface area contributed by atoms with Gasteiger partial charge in [-0.05, 0) is 12.3 Å². The van der Waals surface area contributed by atoms with Crippen LogP contribution in [-0.4, -0.2) is 6.10 Å². The van der Waals surface area contributed by atoms with Gasteiger partial charge in [0.15, 0.2) is 0 Å². The Kier molecular flexibility index (Phi) is 4.30. The molecule has 0 N–H and O–H groups in total. The van der Waals surface area contributed by atoms with Crippen LogP contribution in [0, 0.1) is 5.92 Å². The Bertz CT molecular complexity index is 101. The van der Waals surface area contributed by atoms with Gasteiger partial charge in [-0.1, -0.05) is 19.4 Å². The summed E-state index contributed by atoms with van der Waals surface area (Å²) >= 11 is 0. The third-order valence-electron chi connectivity index (χ3n) is 1.52. The van der Waals surface area contributed by atoms with Gasteiger partial charge in [-0.25, -0.2) is 0 Å². The van der Waals surface area contributed by atoms with Crippen molar-refractivity contribution in [1.82, 2.24) is 0 Å². The molecule has 0 saturated heterocycles. The maximum Gasteiger partial charge on any atom is 1.00 e. The van der Waals surface area contributed by atoms with Crippen molar-refractivity contribution in [3.63, 3.8) is 0 Å². The Labute approximate surface area is 68.3 Å². The first-order chi connectivity index (χ1) is 3.79. The second-order valence-corrected chi connectivity index (χ2v) is 2.54. The molecule has 1 rings (SSSR count). The third-order valence-corrected chi connectivity index (χ3v) is 1.52. The molecule has 1 aliphatic rings. The Morgan fingerprint density at radius 3 is 2.56 bits per heavy atom. The van der Waals surface area contributed by atoms with Crippen LogP contribution in [0.2, 0.25) is 0 Å². The van der Waals surface area contributed by atoms with Gasteiger partial charge in [0.25, 0.3) is 0 Å². The molecule has 0 aromatic rings. The molecule has 2 heteroatoms. The van der Waals surface area contributed by atoms with Crippen LogP contribution in [0.25, 0.3) is 0 Å². The molecule has 0 heterocycles. The van der Waals surface area contributed by atoms with Crippen molar-refractivity contribution in [3.8, 4) is 0 Å².